The van der Waals surface area contributed by atoms with Gasteiger partial charge in [0.15, 0.2) is 0 Å². The fraction of sp³-hybridized carbons (Fsp3) is 0. The Morgan fingerprint density at radius 2 is 1.79 bits per heavy atom. The summed E-state index contributed by atoms with van der Waals surface area (Å²) in [5.74, 6) is -0.228. The normalized spacial score (nSPS) is 11.0. The van der Waals surface area contributed by atoms with Gasteiger partial charge in [0.1, 0.15) is 0 Å². The number of carbonyl (C=O) groups is 1. The summed E-state index contributed by atoms with van der Waals surface area (Å²) in [4.78, 5) is 16.5. The van der Waals surface area contributed by atoms with Crippen LogP contribution >= 0.6 is 11.3 Å². The molecule has 0 saturated heterocycles. The lowest BCUT2D eigenvalue weighted by Crippen LogP contribution is -2.13. The number of anilines is 2. The van der Waals surface area contributed by atoms with Gasteiger partial charge in [0.25, 0.3) is 15.9 Å². The van der Waals surface area contributed by atoms with E-state index in [2.05, 4.69) is 15.0 Å². The van der Waals surface area contributed by atoms with Crippen molar-refractivity contribution in [3.63, 3.8) is 0 Å². The molecule has 0 aliphatic rings. The summed E-state index contributed by atoms with van der Waals surface area (Å²) in [6.45, 7) is 0. The van der Waals surface area contributed by atoms with Gasteiger partial charge < -0.3 is 5.32 Å². The lowest BCUT2D eigenvalue weighted by molar-refractivity contribution is 0.103. The second kappa shape index (κ2) is 6.81. The van der Waals surface area contributed by atoms with Crippen LogP contribution in [0.3, 0.4) is 0 Å². The van der Waals surface area contributed by atoms with E-state index in [0.717, 1.165) is 0 Å². The number of hydrogen-bond acceptors (Lipinski definition) is 5. The number of sulfonamides is 1. The predicted molar refractivity (Wildman–Crippen MR) is 93.8 cm³/mol. The van der Waals surface area contributed by atoms with Crippen LogP contribution in [0.5, 0.6) is 0 Å². The van der Waals surface area contributed by atoms with Gasteiger partial charge in [-0.25, -0.2) is 8.42 Å². The highest BCUT2D eigenvalue weighted by Gasteiger charge is 2.14. The maximum absolute atomic E-state index is 12.3. The molecule has 0 atom stereocenters. The van der Waals surface area contributed by atoms with E-state index in [1.54, 1.807) is 42.6 Å². The van der Waals surface area contributed by atoms with Crippen LogP contribution in [-0.4, -0.2) is 19.3 Å². The highest BCUT2D eigenvalue weighted by atomic mass is 32.2. The number of pyridine rings is 1. The highest BCUT2D eigenvalue weighted by Crippen LogP contribution is 2.19. The number of nitrogens with one attached hydrogen (secondary N) is 2. The molecule has 122 valence electrons. The molecule has 0 spiro atoms. The van der Waals surface area contributed by atoms with Crippen molar-refractivity contribution in [2.24, 2.45) is 0 Å². The second-order valence-electron chi connectivity index (χ2n) is 4.80. The molecular weight excluding hydrogens is 346 g/mol. The van der Waals surface area contributed by atoms with Gasteiger partial charge in [0.05, 0.1) is 21.7 Å². The molecule has 0 saturated carbocycles. The minimum absolute atomic E-state index is 0.0977. The van der Waals surface area contributed by atoms with Crippen LogP contribution in [0.4, 0.5) is 11.4 Å². The molecule has 0 fully saturated rings. The van der Waals surface area contributed by atoms with Crippen molar-refractivity contribution in [2.75, 3.05) is 10.0 Å². The van der Waals surface area contributed by atoms with Crippen molar-refractivity contribution >= 4 is 38.6 Å². The number of benzene rings is 1. The molecule has 2 N–H and O–H groups in total. The topological polar surface area (TPSA) is 88.2 Å². The van der Waals surface area contributed by atoms with E-state index in [4.69, 9.17) is 0 Å². The van der Waals surface area contributed by atoms with E-state index in [1.807, 2.05) is 5.38 Å². The van der Waals surface area contributed by atoms with Crippen LogP contribution in [-0.2, 0) is 10.0 Å². The van der Waals surface area contributed by atoms with Crippen molar-refractivity contribution in [3.05, 3.63) is 71.2 Å². The molecular formula is C16H13N3O3S2. The third kappa shape index (κ3) is 3.79. The largest absolute Gasteiger partial charge is 0.321 e. The van der Waals surface area contributed by atoms with Gasteiger partial charge in [-0.2, -0.15) is 0 Å². The quantitative estimate of drug-likeness (QED) is 0.732. The van der Waals surface area contributed by atoms with Gasteiger partial charge in [0.2, 0.25) is 0 Å². The molecule has 0 unspecified atom stereocenters. The summed E-state index contributed by atoms with van der Waals surface area (Å²) in [6, 6.07) is 12.7. The van der Waals surface area contributed by atoms with Gasteiger partial charge >= 0.3 is 0 Å². The predicted octanol–water partition coefficient (Wildman–Crippen LogP) is 3.20. The Balaban J connectivity index is 1.73. The van der Waals surface area contributed by atoms with Crippen LogP contribution in [0.25, 0.3) is 0 Å². The first-order valence-electron chi connectivity index (χ1n) is 6.92. The molecule has 1 aromatic carbocycles. The third-order valence-electron chi connectivity index (χ3n) is 3.08. The lowest BCUT2D eigenvalue weighted by atomic mass is 10.3. The molecule has 0 aliphatic heterocycles. The number of carbonyl (C=O) groups excluding carboxylic acids is 1. The Kier molecular flexibility index (Phi) is 4.59. The van der Waals surface area contributed by atoms with Crippen molar-refractivity contribution < 1.29 is 13.2 Å². The first kappa shape index (κ1) is 16.2. The lowest BCUT2D eigenvalue weighted by Gasteiger charge is -2.09. The SMILES string of the molecule is O=C(Nc1ccc(S(=O)(=O)Nc2cccnc2)cc1)c1cccs1. The number of rotatable bonds is 5. The summed E-state index contributed by atoms with van der Waals surface area (Å²) >= 11 is 1.34. The van der Waals surface area contributed by atoms with E-state index in [-0.39, 0.29) is 10.8 Å². The summed E-state index contributed by atoms with van der Waals surface area (Å²) in [7, 11) is -3.70. The molecule has 6 nitrogen and oxygen atoms in total. The fourth-order valence-corrected chi connectivity index (χ4v) is 3.62. The molecule has 2 aromatic heterocycles. The second-order valence-corrected chi connectivity index (χ2v) is 7.43. The maximum Gasteiger partial charge on any atom is 0.265 e. The van der Waals surface area contributed by atoms with Crippen LogP contribution in [0, 0.1) is 0 Å². The molecule has 3 rings (SSSR count). The molecule has 0 radical (unpaired) electrons. The smallest absolute Gasteiger partial charge is 0.265 e. The Bertz CT molecular complexity index is 922. The molecule has 24 heavy (non-hydrogen) atoms. The zero-order valence-corrected chi connectivity index (χ0v) is 14.0. The average Bonchev–Trinajstić information content (AvgIpc) is 3.10. The summed E-state index contributed by atoms with van der Waals surface area (Å²) in [5, 5.41) is 4.53. The standard InChI is InChI=1S/C16H13N3O3S2/c20-16(15-4-2-10-23-15)18-12-5-7-14(8-6-12)24(21,22)19-13-3-1-9-17-11-13/h1-11,19H,(H,18,20). The molecule has 3 aromatic rings. The molecule has 0 bridgehead atoms. The Morgan fingerprint density at radius 3 is 2.42 bits per heavy atom. The Labute approximate surface area is 143 Å². The molecule has 2 heterocycles. The number of thiophene rings is 1. The number of hydrogen-bond donors (Lipinski definition) is 2. The molecule has 8 heteroatoms. The first-order valence-corrected chi connectivity index (χ1v) is 9.29. The third-order valence-corrected chi connectivity index (χ3v) is 5.35. The first-order chi connectivity index (χ1) is 11.5. The van der Waals surface area contributed by atoms with Crippen molar-refractivity contribution in [3.8, 4) is 0 Å². The minimum atomic E-state index is -3.70. The van der Waals surface area contributed by atoms with E-state index < -0.39 is 10.0 Å². The van der Waals surface area contributed by atoms with Crippen molar-refractivity contribution in [1.29, 1.82) is 0 Å². The molecule has 1 amide bonds. The number of nitrogens with zero attached hydrogens (tertiary/aromatic N) is 1. The Hall–Kier alpha value is -2.71. The van der Waals surface area contributed by atoms with E-state index in [0.29, 0.717) is 16.3 Å². The van der Waals surface area contributed by atoms with E-state index in [9.17, 15) is 13.2 Å². The van der Waals surface area contributed by atoms with Crippen LogP contribution in [0.1, 0.15) is 9.67 Å². The molecule has 0 aliphatic carbocycles. The zero-order chi connectivity index (χ0) is 17.0. The maximum atomic E-state index is 12.3. The number of amides is 1. The summed E-state index contributed by atoms with van der Waals surface area (Å²) < 4.78 is 27.0. The van der Waals surface area contributed by atoms with E-state index in [1.165, 1.54) is 29.7 Å². The van der Waals surface area contributed by atoms with Crippen molar-refractivity contribution in [1.82, 2.24) is 4.98 Å². The van der Waals surface area contributed by atoms with E-state index >= 15 is 0 Å². The zero-order valence-electron chi connectivity index (χ0n) is 12.3. The van der Waals surface area contributed by atoms with Gasteiger partial charge in [-0.15, -0.1) is 11.3 Å². The minimum Gasteiger partial charge on any atom is -0.321 e. The van der Waals surface area contributed by atoms with Crippen LogP contribution < -0.4 is 10.0 Å². The summed E-state index contributed by atoms with van der Waals surface area (Å²) in [5.41, 5.74) is 0.904. The van der Waals surface area contributed by atoms with Crippen molar-refractivity contribution in [2.45, 2.75) is 4.90 Å². The van der Waals surface area contributed by atoms with Crippen LogP contribution in [0.2, 0.25) is 0 Å². The average molecular weight is 359 g/mol. The monoisotopic (exact) mass is 359 g/mol. The number of aromatic nitrogens is 1. The highest BCUT2D eigenvalue weighted by molar-refractivity contribution is 7.92. The Morgan fingerprint density at radius 1 is 1.00 bits per heavy atom. The fourth-order valence-electron chi connectivity index (χ4n) is 1.96. The van der Waals surface area contributed by atoms with Crippen LogP contribution in [0.15, 0.2) is 71.2 Å². The van der Waals surface area contributed by atoms with Gasteiger partial charge in [-0.1, -0.05) is 6.07 Å². The van der Waals surface area contributed by atoms with Gasteiger partial charge in [-0.05, 0) is 47.8 Å². The van der Waals surface area contributed by atoms with Gasteiger partial charge in [-0.3, -0.25) is 14.5 Å². The van der Waals surface area contributed by atoms with Gasteiger partial charge in [0, 0.05) is 11.9 Å². The summed E-state index contributed by atoms with van der Waals surface area (Å²) in [6.07, 6.45) is 2.98.